The second-order valence-corrected chi connectivity index (χ2v) is 2.85. The summed E-state index contributed by atoms with van der Waals surface area (Å²) in [6.07, 6.45) is -3.52. The molecule has 14 heavy (non-hydrogen) atoms. The molecule has 0 aliphatic carbocycles. The van der Waals surface area contributed by atoms with Crippen LogP contribution >= 0.6 is 0 Å². The zero-order valence-electron chi connectivity index (χ0n) is 7.48. The van der Waals surface area contributed by atoms with E-state index in [1.165, 1.54) is 0 Å². The molecular formula is C8H9F3N2O. The van der Waals surface area contributed by atoms with Crippen molar-refractivity contribution < 1.29 is 13.2 Å². The van der Waals surface area contributed by atoms with Gasteiger partial charge in [0, 0.05) is 0 Å². The van der Waals surface area contributed by atoms with Crippen molar-refractivity contribution in [3.05, 3.63) is 27.7 Å². The van der Waals surface area contributed by atoms with Crippen LogP contribution in [-0.4, -0.2) is 10.2 Å². The molecule has 3 nitrogen and oxygen atoms in total. The number of hydrogen-bond acceptors (Lipinski definition) is 2. The molecule has 0 spiro atoms. The van der Waals surface area contributed by atoms with Gasteiger partial charge in [-0.15, -0.1) is 0 Å². The van der Waals surface area contributed by atoms with Crippen LogP contribution in [0.1, 0.15) is 24.6 Å². The molecule has 0 aliphatic heterocycles. The predicted octanol–water partition coefficient (Wildman–Crippen LogP) is 1.74. The largest absolute Gasteiger partial charge is 0.421 e. The molecule has 0 radical (unpaired) electrons. The summed E-state index contributed by atoms with van der Waals surface area (Å²) >= 11 is 0. The standard InChI is InChI=1S/C8H9F3N2O/c1-2-3-5-4-6(8(9,10)11)7(14)13-12-5/h4H,2-3H2,1H3,(H,13,14). The third kappa shape index (κ3) is 2.34. The monoisotopic (exact) mass is 206 g/mol. The van der Waals surface area contributed by atoms with E-state index in [0.29, 0.717) is 12.8 Å². The third-order valence-corrected chi connectivity index (χ3v) is 1.67. The van der Waals surface area contributed by atoms with Crippen molar-refractivity contribution in [3.63, 3.8) is 0 Å². The first-order valence-electron chi connectivity index (χ1n) is 4.11. The van der Waals surface area contributed by atoms with Gasteiger partial charge in [-0.25, -0.2) is 5.10 Å². The van der Waals surface area contributed by atoms with Crippen LogP contribution in [0.15, 0.2) is 10.9 Å². The maximum Gasteiger partial charge on any atom is 0.421 e. The molecule has 1 N–H and O–H groups in total. The molecule has 0 saturated carbocycles. The zero-order chi connectivity index (χ0) is 10.8. The summed E-state index contributed by atoms with van der Waals surface area (Å²) in [4.78, 5) is 10.8. The van der Waals surface area contributed by atoms with E-state index in [1.807, 2.05) is 12.0 Å². The van der Waals surface area contributed by atoms with Crippen LogP contribution < -0.4 is 5.56 Å². The van der Waals surface area contributed by atoms with Crippen molar-refractivity contribution in [2.24, 2.45) is 0 Å². The van der Waals surface area contributed by atoms with Crippen LogP contribution in [0.5, 0.6) is 0 Å². The Bertz CT molecular complexity index is 370. The smallest absolute Gasteiger partial charge is 0.267 e. The van der Waals surface area contributed by atoms with Crippen LogP contribution in [0.3, 0.4) is 0 Å². The number of nitrogens with one attached hydrogen (secondary N) is 1. The second-order valence-electron chi connectivity index (χ2n) is 2.85. The first kappa shape index (κ1) is 10.7. The van der Waals surface area contributed by atoms with E-state index in [9.17, 15) is 18.0 Å². The van der Waals surface area contributed by atoms with Gasteiger partial charge in [0.1, 0.15) is 5.56 Å². The van der Waals surface area contributed by atoms with E-state index in [1.54, 1.807) is 0 Å². The van der Waals surface area contributed by atoms with Gasteiger partial charge in [0.25, 0.3) is 5.56 Å². The molecule has 0 unspecified atom stereocenters. The number of aromatic amines is 1. The Balaban J connectivity index is 3.15. The van der Waals surface area contributed by atoms with Gasteiger partial charge >= 0.3 is 6.18 Å². The Morgan fingerprint density at radius 2 is 2.14 bits per heavy atom. The average Bonchev–Trinajstić information content (AvgIpc) is 2.07. The highest BCUT2D eigenvalue weighted by Crippen LogP contribution is 2.26. The molecule has 1 aromatic rings. The molecule has 1 heterocycles. The van der Waals surface area contributed by atoms with Gasteiger partial charge in [-0.2, -0.15) is 18.3 Å². The summed E-state index contributed by atoms with van der Waals surface area (Å²) in [5, 5.41) is 5.34. The van der Waals surface area contributed by atoms with Gasteiger partial charge in [0.2, 0.25) is 0 Å². The lowest BCUT2D eigenvalue weighted by molar-refractivity contribution is -0.138. The Hall–Kier alpha value is -1.33. The molecule has 1 aromatic heterocycles. The van der Waals surface area contributed by atoms with Crippen molar-refractivity contribution in [1.82, 2.24) is 10.2 Å². The number of rotatable bonds is 2. The van der Waals surface area contributed by atoms with Gasteiger partial charge in [0.05, 0.1) is 5.69 Å². The third-order valence-electron chi connectivity index (χ3n) is 1.67. The molecule has 0 fully saturated rings. The van der Waals surface area contributed by atoms with Crippen molar-refractivity contribution in [1.29, 1.82) is 0 Å². The second kappa shape index (κ2) is 3.81. The van der Waals surface area contributed by atoms with E-state index in [2.05, 4.69) is 5.10 Å². The summed E-state index contributed by atoms with van der Waals surface area (Å²) in [6.45, 7) is 1.82. The fraction of sp³-hybridized carbons (Fsp3) is 0.500. The SMILES string of the molecule is CCCc1cc(C(F)(F)F)c(=O)[nH]n1. The number of aromatic nitrogens is 2. The lowest BCUT2D eigenvalue weighted by Crippen LogP contribution is -2.23. The summed E-state index contributed by atoms with van der Waals surface area (Å²) in [5.41, 5.74) is -2.13. The number of halogens is 3. The van der Waals surface area contributed by atoms with Gasteiger partial charge in [-0.3, -0.25) is 4.79 Å². The molecule has 0 amide bonds. The van der Waals surface area contributed by atoms with Crippen LogP contribution in [-0.2, 0) is 12.6 Å². The fourth-order valence-electron chi connectivity index (χ4n) is 1.04. The van der Waals surface area contributed by atoms with Crippen LogP contribution in [0.4, 0.5) is 13.2 Å². The normalized spacial score (nSPS) is 11.7. The highest BCUT2D eigenvalue weighted by atomic mass is 19.4. The number of nitrogens with zero attached hydrogens (tertiary/aromatic N) is 1. The van der Waals surface area contributed by atoms with Crippen molar-refractivity contribution in [2.45, 2.75) is 25.9 Å². The first-order valence-corrected chi connectivity index (χ1v) is 4.11. The van der Waals surface area contributed by atoms with Crippen molar-refractivity contribution in [3.8, 4) is 0 Å². The van der Waals surface area contributed by atoms with Gasteiger partial charge in [0.15, 0.2) is 0 Å². The predicted molar refractivity (Wildman–Crippen MR) is 43.9 cm³/mol. The molecule has 0 saturated heterocycles. The Morgan fingerprint density at radius 1 is 1.50 bits per heavy atom. The number of hydrogen-bond donors (Lipinski definition) is 1. The van der Waals surface area contributed by atoms with Gasteiger partial charge in [-0.1, -0.05) is 13.3 Å². The number of aryl methyl sites for hydroxylation is 1. The molecule has 0 atom stereocenters. The maximum absolute atomic E-state index is 12.2. The first-order chi connectivity index (χ1) is 6.45. The topological polar surface area (TPSA) is 45.8 Å². The minimum atomic E-state index is -4.61. The van der Waals surface area contributed by atoms with Gasteiger partial charge in [-0.05, 0) is 12.5 Å². The van der Waals surface area contributed by atoms with E-state index in [-0.39, 0.29) is 5.69 Å². The lowest BCUT2D eigenvalue weighted by atomic mass is 10.2. The molecule has 0 aromatic carbocycles. The van der Waals surface area contributed by atoms with Crippen LogP contribution in [0, 0.1) is 0 Å². The molecular weight excluding hydrogens is 197 g/mol. The van der Waals surface area contributed by atoms with E-state index < -0.39 is 17.3 Å². The Kier molecular flexibility index (Phi) is 2.93. The molecule has 78 valence electrons. The van der Waals surface area contributed by atoms with Gasteiger partial charge < -0.3 is 0 Å². The minimum Gasteiger partial charge on any atom is -0.267 e. The summed E-state index contributed by atoms with van der Waals surface area (Å²) in [5.74, 6) is 0. The molecule has 0 aliphatic rings. The number of alkyl halides is 3. The molecule has 6 heteroatoms. The number of H-pyrrole nitrogens is 1. The van der Waals surface area contributed by atoms with Crippen LogP contribution in [0.2, 0.25) is 0 Å². The fourth-order valence-corrected chi connectivity index (χ4v) is 1.04. The van der Waals surface area contributed by atoms with E-state index >= 15 is 0 Å². The zero-order valence-corrected chi connectivity index (χ0v) is 7.48. The highest BCUT2D eigenvalue weighted by molar-refractivity contribution is 5.16. The van der Waals surface area contributed by atoms with Crippen molar-refractivity contribution >= 4 is 0 Å². The Morgan fingerprint density at radius 3 is 2.64 bits per heavy atom. The highest BCUT2D eigenvalue weighted by Gasteiger charge is 2.34. The quantitative estimate of drug-likeness (QED) is 0.801. The lowest BCUT2D eigenvalue weighted by Gasteiger charge is -2.05. The molecule has 1 rings (SSSR count). The van der Waals surface area contributed by atoms with E-state index in [4.69, 9.17) is 0 Å². The summed E-state index contributed by atoms with van der Waals surface area (Å²) < 4.78 is 36.7. The average molecular weight is 206 g/mol. The summed E-state index contributed by atoms with van der Waals surface area (Å²) in [6, 6.07) is 0.794. The van der Waals surface area contributed by atoms with Crippen LogP contribution in [0.25, 0.3) is 0 Å². The maximum atomic E-state index is 12.2. The van der Waals surface area contributed by atoms with E-state index in [0.717, 1.165) is 6.07 Å². The summed E-state index contributed by atoms with van der Waals surface area (Å²) in [7, 11) is 0. The minimum absolute atomic E-state index is 0.249. The van der Waals surface area contributed by atoms with Crippen molar-refractivity contribution in [2.75, 3.05) is 0 Å². The molecule has 0 bridgehead atoms. The Labute approximate surface area is 78.0 Å².